The monoisotopic (exact) mass is 162 g/mol. The summed E-state index contributed by atoms with van der Waals surface area (Å²) < 4.78 is 0. The first-order valence-electron chi connectivity index (χ1n) is 4.45. The maximum Gasteiger partial charge on any atom is 0.0112 e. The standard InChI is InChI=1S/C10H14N2/c11-5-3-10(8-1-2-8)9-4-6-12-7-9/h3-4,6-8,12H,1-2,5,11H2/b10-3-. The Hall–Kier alpha value is -1.02. The molecule has 1 aliphatic rings. The van der Waals surface area contributed by atoms with Gasteiger partial charge in [-0.1, -0.05) is 6.08 Å². The van der Waals surface area contributed by atoms with Crippen LogP contribution in [0, 0.1) is 5.92 Å². The molecule has 0 amide bonds. The zero-order valence-electron chi connectivity index (χ0n) is 7.09. The Labute approximate surface area is 72.5 Å². The molecular weight excluding hydrogens is 148 g/mol. The summed E-state index contributed by atoms with van der Waals surface area (Å²) in [4.78, 5) is 3.07. The van der Waals surface area contributed by atoms with Crippen molar-refractivity contribution >= 4 is 5.57 Å². The highest BCUT2D eigenvalue weighted by atomic mass is 14.6. The van der Waals surface area contributed by atoms with E-state index in [-0.39, 0.29) is 0 Å². The summed E-state index contributed by atoms with van der Waals surface area (Å²) in [5, 5.41) is 0. The third kappa shape index (κ3) is 1.43. The van der Waals surface area contributed by atoms with E-state index < -0.39 is 0 Å². The van der Waals surface area contributed by atoms with Crippen LogP contribution in [0.15, 0.2) is 24.5 Å². The van der Waals surface area contributed by atoms with Gasteiger partial charge in [0.05, 0.1) is 0 Å². The predicted octanol–water partition coefficient (Wildman–Crippen LogP) is 1.77. The van der Waals surface area contributed by atoms with Gasteiger partial charge in [-0.3, -0.25) is 0 Å². The molecular formula is C10H14N2. The van der Waals surface area contributed by atoms with E-state index in [0.29, 0.717) is 6.54 Å². The van der Waals surface area contributed by atoms with Gasteiger partial charge in [0.15, 0.2) is 0 Å². The molecule has 0 spiro atoms. The molecule has 0 atom stereocenters. The topological polar surface area (TPSA) is 41.8 Å². The maximum atomic E-state index is 5.51. The van der Waals surface area contributed by atoms with Crippen LogP contribution in [0.4, 0.5) is 0 Å². The van der Waals surface area contributed by atoms with Crippen LogP contribution in [0.25, 0.3) is 5.57 Å². The van der Waals surface area contributed by atoms with Crippen molar-refractivity contribution in [1.82, 2.24) is 4.98 Å². The third-order valence-electron chi connectivity index (χ3n) is 2.29. The Morgan fingerprint density at radius 2 is 2.50 bits per heavy atom. The minimum absolute atomic E-state index is 0.650. The number of nitrogens with one attached hydrogen (secondary N) is 1. The summed E-state index contributed by atoms with van der Waals surface area (Å²) in [6.45, 7) is 0.650. The van der Waals surface area contributed by atoms with Gasteiger partial charge in [-0.05, 0) is 36.0 Å². The van der Waals surface area contributed by atoms with Crippen molar-refractivity contribution in [2.75, 3.05) is 6.54 Å². The van der Waals surface area contributed by atoms with Crippen molar-refractivity contribution in [2.45, 2.75) is 12.8 Å². The summed E-state index contributed by atoms with van der Waals surface area (Å²) in [5.74, 6) is 0.782. The fourth-order valence-corrected chi connectivity index (χ4v) is 1.54. The normalized spacial score (nSPS) is 18.2. The minimum Gasteiger partial charge on any atom is -0.367 e. The summed E-state index contributed by atoms with van der Waals surface area (Å²) in [6.07, 6.45) is 8.80. The van der Waals surface area contributed by atoms with Crippen LogP contribution >= 0.6 is 0 Å². The van der Waals surface area contributed by atoms with Crippen LogP contribution in [-0.2, 0) is 0 Å². The molecule has 2 heteroatoms. The van der Waals surface area contributed by atoms with Crippen LogP contribution in [0.2, 0.25) is 0 Å². The number of hydrogen-bond acceptors (Lipinski definition) is 1. The first-order valence-corrected chi connectivity index (χ1v) is 4.45. The second-order valence-electron chi connectivity index (χ2n) is 3.27. The smallest absolute Gasteiger partial charge is 0.0112 e. The predicted molar refractivity (Wildman–Crippen MR) is 50.5 cm³/mol. The summed E-state index contributed by atoms with van der Waals surface area (Å²) in [7, 11) is 0. The van der Waals surface area contributed by atoms with E-state index in [4.69, 9.17) is 5.73 Å². The molecule has 3 N–H and O–H groups in total. The summed E-state index contributed by atoms with van der Waals surface area (Å²) in [5.41, 5.74) is 8.25. The third-order valence-corrected chi connectivity index (χ3v) is 2.29. The van der Waals surface area contributed by atoms with Crippen LogP contribution in [0.5, 0.6) is 0 Å². The number of rotatable bonds is 3. The van der Waals surface area contributed by atoms with Crippen molar-refractivity contribution in [1.29, 1.82) is 0 Å². The highest BCUT2D eigenvalue weighted by Crippen LogP contribution is 2.41. The molecule has 2 nitrogen and oxygen atoms in total. The second kappa shape index (κ2) is 3.15. The maximum absolute atomic E-state index is 5.51. The Morgan fingerprint density at radius 1 is 1.67 bits per heavy atom. The lowest BCUT2D eigenvalue weighted by Crippen LogP contribution is -1.96. The van der Waals surface area contributed by atoms with Gasteiger partial charge in [-0.15, -0.1) is 0 Å². The second-order valence-corrected chi connectivity index (χ2v) is 3.27. The molecule has 64 valence electrons. The van der Waals surface area contributed by atoms with E-state index in [1.807, 2.05) is 12.4 Å². The molecule has 0 aromatic carbocycles. The molecule has 1 aliphatic carbocycles. The van der Waals surface area contributed by atoms with E-state index in [2.05, 4.69) is 17.1 Å². The lowest BCUT2D eigenvalue weighted by molar-refractivity contribution is 1.12. The van der Waals surface area contributed by atoms with Crippen LogP contribution in [0.1, 0.15) is 18.4 Å². The molecule has 1 heterocycles. The van der Waals surface area contributed by atoms with Gasteiger partial charge in [0.2, 0.25) is 0 Å². The first kappa shape index (κ1) is 7.62. The lowest BCUT2D eigenvalue weighted by atomic mass is 10.0. The highest BCUT2D eigenvalue weighted by molar-refractivity contribution is 5.68. The van der Waals surface area contributed by atoms with E-state index >= 15 is 0 Å². The SMILES string of the molecule is NC/C=C(\c1cc[nH]c1)C1CC1. The molecule has 1 aromatic rings. The zero-order valence-corrected chi connectivity index (χ0v) is 7.09. The van der Waals surface area contributed by atoms with Gasteiger partial charge in [-0.25, -0.2) is 0 Å². The lowest BCUT2D eigenvalue weighted by Gasteiger charge is -2.01. The Morgan fingerprint density at radius 3 is 3.00 bits per heavy atom. The zero-order chi connectivity index (χ0) is 8.39. The van der Waals surface area contributed by atoms with E-state index in [0.717, 1.165) is 5.92 Å². The van der Waals surface area contributed by atoms with Crippen molar-refractivity contribution < 1.29 is 0 Å². The van der Waals surface area contributed by atoms with Gasteiger partial charge < -0.3 is 10.7 Å². The van der Waals surface area contributed by atoms with Gasteiger partial charge in [0.1, 0.15) is 0 Å². The molecule has 1 aromatic heterocycles. The molecule has 0 bridgehead atoms. The van der Waals surface area contributed by atoms with Gasteiger partial charge >= 0.3 is 0 Å². The van der Waals surface area contributed by atoms with Crippen molar-refractivity contribution in [3.63, 3.8) is 0 Å². The fraction of sp³-hybridized carbons (Fsp3) is 0.400. The quantitative estimate of drug-likeness (QED) is 0.698. The van der Waals surface area contributed by atoms with Crippen LogP contribution < -0.4 is 5.73 Å². The Bertz CT molecular complexity index is 268. The number of aromatic amines is 1. The molecule has 0 saturated heterocycles. The Kier molecular flexibility index (Phi) is 2.00. The molecule has 1 saturated carbocycles. The molecule has 12 heavy (non-hydrogen) atoms. The van der Waals surface area contributed by atoms with Crippen molar-refractivity contribution in [3.8, 4) is 0 Å². The van der Waals surface area contributed by atoms with Crippen molar-refractivity contribution in [2.24, 2.45) is 11.7 Å². The number of nitrogens with two attached hydrogens (primary N) is 1. The average Bonchev–Trinajstić information content (AvgIpc) is 2.77. The van der Waals surface area contributed by atoms with E-state index in [1.165, 1.54) is 24.0 Å². The largest absolute Gasteiger partial charge is 0.367 e. The Balaban J connectivity index is 2.22. The molecule has 1 fully saturated rings. The summed E-state index contributed by atoms with van der Waals surface area (Å²) >= 11 is 0. The van der Waals surface area contributed by atoms with Gasteiger partial charge in [0.25, 0.3) is 0 Å². The number of allylic oxidation sites excluding steroid dienone is 1. The highest BCUT2D eigenvalue weighted by Gasteiger charge is 2.26. The van der Waals surface area contributed by atoms with Gasteiger partial charge in [0, 0.05) is 18.9 Å². The number of hydrogen-bond donors (Lipinski definition) is 2. The van der Waals surface area contributed by atoms with Crippen LogP contribution in [-0.4, -0.2) is 11.5 Å². The van der Waals surface area contributed by atoms with Crippen molar-refractivity contribution in [3.05, 3.63) is 30.1 Å². The fourth-order valence-electron chi connectivity index (χ4n) is 1.54. The molecule has 0 radical (unpaired) electrons. The molecule has 0 aliphatic heterocycles. The average molecular weight is 162 g/mol. The number of aromatic nitrogens is 1. The number of H-pyrrole nitrogens is 1. The van der Waals surface area contributed by atoms with Gasteiger partial charge in [-0.2, -0.15) is 0 Å². The van der Waals surface area contributed by atoms with E-state index in [9.17, 15) is 0 Å². The van der Waals surface area contributed by atoms with E-state index in [1.54, 1.807) is 0 Å². The van der Waals surface area contributed by atoms with Crippen LogP contribution in [0.3, 0.4) is 0 Å². The first-order chi connectivity index (χ1) is 5.92. The molecule has 0 unspecified atom stereocenters. The molecule has 2 rings (SSSR count). The summed E-state index contributed by atoms with van der Waals surface area (Å²) in [6, 6.07) is 2.11. The minimum atomic E-state index is 0.650.